The number of halogens is 7. The molecule has 2 heterocycles. The van der Waals surface area contributed by atoms with Crippen molar-refractivity contribution in [2.75, 3.05) is 31.6 Å². The summed E-state index contributed by atoms with van der Waals surface area (Å²) < 4.78 is 104. The number of alkyl carbamates (subject to hydrolysis) is 1. The lowest BCUT2D eigenvalue weighted by Crippen LogP contribution is -2.49. The van der Waals surface area contributed by atoms with Crippen molar-refractivity contribution in [1.82, 2.24) is 15.6 Å². The minimum Gasteiger partial charge on any atom is -0.448 e. The van der Waals surface area contributed by atoms with Crippen molar-refractivity contribution in [3.05, 3.63) is 94.8 Å². The molecule has 2 aromatic carbocycles. The van der Waals surface area contributed by atoms with Crippen LogP contribution in [0.5, 0.6) is 0 Å². The van der Waals surface area contributed by atoms with Gasteiger partial charge in [0.25, 0.3) is 0 Å². The first kappa shape index (κ1) is 34.6. The number of aromatic nitrogens is 1. The summed E-state index contributed by atoms with van der Waals surface area (Å²) in [5, 5.41) is 7.18. The number of morpholine rings is 1. The Balaban J connectivity index is 1.37. The van der Waals surface area contributed by atoms with E-state index in [1.807, 2.05) is 0 Å². The number of carbonyl (C=O) groups is 2. The van der Waals surface area contributed by atoms with E-state index >= 15 is 0 Å². The molecule has 0 unspecified atom stereocenters. The zero-order chi connectivity index (χ0) is 33.4. The summed E-state index contributed by atoms with van der Waals surface area (Å²) in [6.07, 6.45) is -3.72. The van der Waals surface area contributed by atoms with Gasteiger partial charge >= 0.3 is 12.3 Å². The van der Waals surface area contributed by atoms with Crippen molar-refractivity contribution in [2.24, 2.45) is 5.73 Å². The molecule has 5 N–H and O–H groups in total. The largest absolute Gasteiger partial charge is 0.448 e. The fourth-order valence-electron chi connectivity index (χ4n) is 4.89. The molecule has 46 heavy (non-hydrogen) atoms. The number of alkyl halides is 3. The molecule has 0 saturated carbocycles. The summed E-state index contributed by atoms with van der Waals surface area (Å²) >= 11 is 0. The fourth-order valence-corrected chi connectivity index (χ4v) is 4.89. The molecule has 4 atom stereocenters. The number of anilines is 1. The van der Waals surface area contributed by atoms with E-state index in [-0.39, 0.29) is 49.4 Å². The Kier molecular flexibility index (Phi) is 11.5. The number of nitrogens with one attached hydrogen (secondary N) is 3. The first-order valence-corrected chi connectivity index (χ1v) is 14.0. The van der Waals surface area contributed by atoms with E-state index in [1.165, 1.54) is 18.3 Å². The minimum atomic E-state index is -4.57. The molecule has 4 rings (SSSR count). The molecule has 1 aliphatic rings. The van der Waals surface area contributed by atoms with Gasteiger partial charge in [0.05, 0.1) is 42.9 Å². The predicted octanol–water partition coefficient (Wildman–Crippen LogP) is 4.31. The standard InChI is InChI=1S/C30H30F7N5O4/c31-18-3-1-16(2-4-18)26(17-7-19(32)9-20(33)8-17)27(38)28(43)42-25-12-39-11-24(34)23(25)6-5-22-10-40-21(13-45-22)14-46-29(44)41-15-30(35,36)37/h1-4,7-9,11-12,21-22,26-27,40H,5-6,10,13-15,38H2,(H,41,44)(H,42,43)/t21-,22+,26-,27-/m0/s1. The summed E-state index contributed by atoms with van der Waals surface area (Å²) in [7, 11) is 0. The van der Waals surface area contributed by atoms with Crippen LogP contribution >= 0.6 is 0 Å². The van der Waals surface area contributed by atoms with Gasteiger partial charge in [0.2, 0.25) is 5.91 Å². The van der Waals surface area contributed by atoms with Gasteiger partial charge in [-0.05, 0) is 48.2 Å². The van der Waals surface area contributed by atoms with Crippen LogP contribution in [0.15, 0.2) is 54.9 Å². The number of nitrogens with zero attached hydrogens (tertiary/aromatic N) is 1. The summed E-state index contributed by atoms with van der Waals surface area (Å²) in [4.78, 5) is 28.6. The van der Waals surface area contributed by atoms with Crippen LogP contribution in [-0.2, 0) is 20.7 Å². The Bertz CT molecular complexity index is 1480. The van der Waals surface area contributed by atoms with Crippen molar-refractivity contribution >= 4 is 17.7 Å². The van der Waals surface area contributed by atoms with E-state index in [4.69, 9.17) is 15.2 Å². The minimum absolute atomic E-state index is 0.00337. The topological polar surface area (TPSA) is 128 Å². The van der Waals surface area contributed by atoms with Crippen LogP contribution < -0.4 is 21.7 Å². The zero-order valence-electron chi connectivity index (χ0n) is 24.1. The molecule has 0 bridgehead atoms. The third kappa shape index (κ3) is 9.86. The second kappa shape index (κ2) is 15.3. The molecule has 3 aromatic rings. The molecule has 0 aliphatic carbocycles. The highest BCUT2D eigenvalue weighted by atomic mass is 19.4. The van der Waals surface area contributed by atoms with Crippen LogP contribution in [0.25, 0.3) is 0 Å². The lowest BCUT2D eigenvalue weighted by atomic mass is 9.84. The van der Waals surface area contributed by atoms with Gasteiger partial charge in [0, 0.05) is 24.1 Å². The Morgan fingerprint density at radius 2 is 1.72 bits per heavy atom. The van der Waals surface area contributed by atoms with Gasteiger partial charge in [-0.2, -0.15) is 13.2 Å². The van der Waals surface area contributed by atoms with Gasteiger partial charge in [0.1, 0.15) is 36.4 Å². The van der Waals surface area contributed by atoms with Gasteiger partial charge in [-0.1, -0.05) is 12.1 Å². The summed E-state index contributed by atoms with van der Waals surface area (Å²) in [5.74, 6) is -5.05. The Morgan fingerprint density at radius 1 is 1.02 bits per heavy atom. The molecule has 248 valence electrons. The number of ether oxygens (including phenoxy) is 2. The number of pyridine rings is 1. The maximum absolute atomic E-state index is 14.9. The molecule has 1 aromatic heterocycles. The Morgan fingerprint density at radius 3 is 2.35 bits per heavy atom. The summed E-state index contributed by atoms with van der Waals surface area (Å²) in [6.45, 7) is -1.46. The normalized spacial score (nSPS) is 18.0. The number of amides is 2. The van der Waals surface area contributed by atoms with E-state index in [2.05, 4.69) is 15.6 Å². The Labute approximate surface area is 258 Å². The van der Waals surface area contributed by atoms with Crippen LogP contribution in [0.3, 0.4) is 0 Å². The third-order valence-corrected chi connectivity index (χ3v) is 7.13. The van der Waals surface area contributed by atoms with Crippen LogP contribution in [-0.4, -0.2) is 67.7 Å². The van der Waals surface area contributed by atoms with Crippen molar-refractivity contribution in [2.45, 2.75) is 43.1 Å². The summed E-state index contributed by atoms with van der Waals surface area (Å²) in [5.41, 5.74) is 6.72. The van der Waals surface area contributed by atoms with Crippen LogP contribution in [0.4, 0.5) is 41.2 Å². The lowest BCUT2D eigenvalue weighted by molar-refractivity contribution is -0.124. The number of hydrogen-bond acceptors (Lipinski definition) is 7. The van der Waals surface area contributed by atoms with E-state index in [1.54, 1.807) is 5.32 Å². The number of hydrogen-bond donors (Lipinski definition) is 4. The molecule has 16 heteroatoms. The molecule has 2 amide bonds. The maximum atomic E-state index is 14.9. The number of benzene rings is 2. The quantitative estimate of drug-likeness (QED) is 0.227. The fraction of sp³-hybridized carbons (Fsp3) is 0.367. The predicted molar refractivity (Wildman–Crippen MR) is 151 cm³/mol. The van der Waals surface area contributed by atoms with E-state index < -0.39 is 72.1 Å². The van der Waals surface area contributed by atoms with Gasteiger partial charge in [-0.25, -0.2) is 22.4 Å². The van der Waals surface area contributed by atoms with Crippen molar-refractivity contribution in [3.8, 4) is 0 Å². The van der Waals surface area contributed by atoms with E-state index in [9.17, 15) is 40.3 Å². The first-order chi connectivity index (χ1) is 21.8. The number of carbonyl (C=O) groups excluding carboxylic acids is 2. The van der Waals surface area contributed by atoms with Crippen LogP contribution in [0.1, 0.15) is 29.0 Å². The zero-order valence-corrected chi connectivity index (χ0v) is 24.1. The lowest BCUT2D eigenvalue weighted by Gasteiger charge is -2.30. The molecule has 1 fully saturated rings. The molecule has 0 spiro atoms. The van der Waals surface area contributed by atoms with Crippen molar-refractivity contribution in [3.63, 3.8) is 0 Å². The molecule has 9 nitrogen and oxygen atoms in total. The molecule has 0 radical (unpaired) electrons. The third-order valence-electron chi connectivity index (χ3n) is 7.13. The van der Waals surface area contributed by atoms with Crippen molar-refractivity contribution < 1.29 is 49.8 Å². The van der Waals surface area contributed by atoms with Crippen LogP contribution in [0.2, 0.25) is 0 Å². The highest BCUT2D eigenvalue weighted by Crippen LogP contribution is 2.30. The van der Waals surface area contributed by atoms with Gasteiger partial charge < -0.3 is 31.2 Å². The monoisotopic (exact) mass is 657 g/mol. The molecular formula is C30H30F7N5O4. The van der Waals surface area contributed by atoms with Gasteiger partial charge in [-0.3, -0.25) is 9.78 Å². The van der Waals surface area contributed by atoms with Crippen molar-refractivity contribution in [1.29, 1.82) is 0 Å². The smallest absolute Gasteiger partial charge is 0.407 e. The highest BCUT2D eigenvalue weighted by Gasteiger charge is 2.31. The number of nitrogens with two attached hydrogens (primary N) is 1. The SMILES string of the molecule is N[C@H](C(=O)Nc1cncc(F)c1CC[C@@H]1CN[C@H](COC(=O)NCC(F)(F)F)CO1)[C@@H](c1ccc(F)cc1)c1cc(F)cc(F)c1. The highest BCUT2D eigenvalue weighted by molar-refractivity contribution is 5.96. The van der Waals surface area contributed by atoms with Gasteiger partial charge in [-0.15, -0.1) is 0 Å². The Hall–Kier alpha value is -4.28. The first-order valence-electron chi connectivity index (χ1n) is 14.0. The molecular weight excluding hydrogens is 627 g/mol. The number of rotatable bonds is 11. The average Bonchev–Trinajstić information content (AvgIpc) is 2.99. The van der Waals surface area contributed by atoms with Crippen LogP contribution in [0, 0.1) is 23.3 Å². The second-order valence-corrected chi connectivity index (χ2v) is 10.6. The molecule has 1 aliphatic heterocycles. The summed E-state index contributed by atoms with van der Waals surface area (Å²) in [6, 6.07) is 5.64. The van der Waals surface area contributed by atoms with E-state index in [0.29, 0.717) is 11.6 Å². The average molecular weight is 658 g/mol. The van der Waals surface area contributed by atoms with Gasteiger partial charge in [0.15, 0.2) is 0 Å². The molecule has 1 saturated heterocycles. The second-order valence-electron chi connectivity index (χ2n) is 10.6. The van der Waals surface area contributed by atoms with E-state index in [0.717, 1.165) is 30.5 Å². The maximum Gasteiger partial charge on any atom is 0.407 e.